The number of aryl methyl sites for hydroxylation is 1. The first-order valence-corrected chi connectivity index (χ1v) is 7.51. The summed E-state index contributed by atoms with van der Waals surface area (Å²) in [5.41, 5.74) is 1.64. The third-order valence-corrected chi connectivity index (χ3v) is 3.67. The quantitative estimate of drug-likeness (QED) is 0.812. The fourth-order valence-electron chi connectivity index (χ4n) is 2.41. The summed E-state index contributed by atoms with van der Waals surface area (Å²) in [6, 6.07) is 5.42. The van der Waals surface area contributed by atoms with E-state index in [9.17, 15) is 4.79 Å². The van der Waals surface area contributed by atoms with Crippen molar-refractivity contribution < 1.29 is 4.79 Å². The Hall–Kier alpha value is -1.10. The largest absolute Gasteiger partial charge is 0.352 e. The third-order valence-electron chi connectivity index (χ3n) is 3.45. The number of carbonyl (C=O) groups excluding carboxylic acids is 1. The molecule has 0 unspecified atom stereocenters. The van der Waals surface area contributed by atoms with Crippen LogP contribution in [0, 0.1) is 6.92 Å². The number of hydrogen-bond acceptors (Lipinski definition) is 3. The fraction of sp³-hybridized carbons (Fsp3) is 0.533. The number of nitrogens with zero attached hydrogens (tertiary/aromatic N) is 1. The Morgan fingerprint density at radius 3 is 2.80 bits per heavy atom. The standard InChI is InChI=1S/C15H22ClN3O/c1-12-9-13(11-14(16)10-12)15(20)18-3-2-6-19-7-4-17-5-8-19/h9-11,17H,2-8H2,1H3,(H,18,20). The molecule has 0 aromatic heterocycles. The predicted molar refractivity (Wildman–Crippen MR) is 82.4 cm³/mol. The maximum Gasteiger partial charge on any atom is 0.251 e. The minimum Gasteiger partial charge on any atom is -0.352 e. The molecule has 20 heavy (non-hydrogen) atoms. The number of carbonyl (C=O) groups is 1. The van der Waals surface area contributed by atoms with Crippen molar-refractivity contribution in [3.8, 4) is 0 Å². The van der Waals surface area contributed by atoms with Gasteiger partial charge in [-0.2, -0.15) is 0 Å². The van der Waals surface area contributed by atoms with Crippen molar-refractivity contribution in [1.29, 1.82) is 0 Å². The number of piperazine rings is 1. The Bertz CT molecular complexity index is 438. The molecule has 4 nitrogen and oxygen atoms in total. The Labute approximate surface area is 125 Å². The van der Waals surface area contributed by atoms with Crippen molar-refractivity contribution in [2.45, 2.75) is 13.3 Å². The van der Waals surface area contributed by atoms with Gasteiger partial charge in [0.05, 0.1) is 0 Å². The van der Waals surface area contributed by atoms with Crippen LogP contribution < -0.4 is 10.6 Å². The SMILES string of the molecule is Cc1cc(Cl)cc(C(=O)NCCCN2CCNCC2)c1. The van der Waals surface area contributed by atoms with Gasteiger partial charge >= 0.3 is 0 Å². The summed E-state index contributed by atoms with van der Waals surface area (Å²) in [6.45, 7) is 8.00. The van der Waals surface area contributed by atoms with Crippen molar-refractivity contribution in [3.63, 3.8) is 0 Å². The van der Waals surface area contributed by atoms with Crippen molar-refractivity contribution >= 4 is 17.5 Å². The van der Waals surface area contributed by atoms with Gasteiger partial charge in [0.1, 0.15) is 0 Å². The molecule has 1 saturated heterocycles. The zero-order valence-electron chi connectivity index (χ0n) is 11.9. The second kappa shape index (κ2) is 7.62. The van der Waals surface area contributed by atoms with Crippen LogP contribution in [0.1, 0.15) is 22.3 Å². The Balaban J connectivity index is 1.71. The van der Waals surface area contributed by atoms with E-state index in [1.54, 1.807) is 6.07 Å². The zero-order chi connectivity index (χ0) is 14.4. The topological polar surface area (TPSA) is 44.4 Å². The monoisotopic (exact) mass is 295 g/mol. The van der Waals surface area contributed by atoms with E-state index < -0.39 is 0 Å². The van der Waals surface area contributed by atoms with Crippen LogP contribution in [0.25, 0.3) is 0 Å². The summed E-state index contributed by atoms with van der Waals surface area (Å²) in [5, 5.41) is 6.89. The molecule has 0 atom stereocenters. The number of halogens is 1. The van der Waals surface area contributed by atoms with Gasteiger partial charge in [-0.15, -0.1) is 0 Å². The van der Waals surface area contributed by atoms with Gasteiger partial charge in [-0.3, -0.25) is 4.79 Å². The molecule has 1 aliphatic rings. The van der Waals surface area contributed by atoms with E-state index >= 15 is 0 Å². The Morgan fingerprint density at radius 1 is 1.35 bits per heavy atom. The lowest BCUT2D eigenvalue weighted by atomic mass is 10.1. The van der Waals surface area contributed by atoms with Crippen molar-refractivity contribution in [2.24, 2.45) is 0 Å². The summed E-state index contributed by atoms with van der Waals surface area (Å²) < 4.78 is 0. The lowest BCUT2D eigenvalue weighted by Gasteiger charge is -2.27. The molecular weight excluding hydrogens is 274 g/mol. The first-order chi connectivity index (χ1) is 9.65. The first-order valence-electron chi connectivity index (χ1n) is 7.13. The maximum atomic E-state index is 12.0. The second-order valence-corrected chi connectivity index (χ2v) is 5.65. The molecule has 2 N–H and O–H groups in total. The highest BCUT2D eigenvalue weighted by molar-refractivity contribution is 6.31. The van der Waals surface area contributed by atoms with E-state index in [4.69, 9.17) is 11.6 Å². The highest BCUT2D eigenvalue weighted by atomic mass is 35.5. The average Bonchev–Trinajstić information content (AvgIpc) is 2.43. The van der Waals surface area contributed by atoms with E-state index in [-0.39, 0.29) is 5.91 Å². The summed E-state index contributed by atoms with van der Waals surface area (Å²) in [5.74, 6) is -0.0455. The molecule has 0 radical (unpaired) electrons. The van der Waals surface area contributed by atoms with E-state index in [2.05, 4.69) is 15.5 Å². The molecule has 1 heterocycles. The Kier molecular flexibility index (Phi) is 5.83. The fourth-order valence-corrected chi connectivity index (χ4v) is 2.70. The van der Waals surface area contributed by atoms with Crippen LogP contribution in [0.15, 0.2) is 18.2 Å². The second-order valence-electron chi connectivity index (χ2n) is 5.22. The van der Waals surface area contributed by atoms with Gasteiger partial charge < -0.3 is 15.5 Å². The van der Waals surface area contributed by atoms with Crippen molar-refractivity contribution in [3.05, 3.63) is 34.3 Å². The van der Waals surface area contributed by atoms with Crippen LogP contribution in [0.3, 0.4) is 0 Å². The molecule has 1 aromatic rings. The van der Waals surface area contributed by atoms with Gasteiger partial charge in [-0.05, 0) is 43.7 Å². The average molecular weight is 296 g/mol. The molecule has 2 rings (SSSR count). The van der Waals surface area contributed by atoms with E-state index in [0.717, 1.165) is 44.7 Å². The predicted octanol–water partition coefficient (Wildman–Crippen LogP) is 1.67. The van der Waals surface area contributed by atoms with Gasteiger partial charge in [-0.25, -0.2) is 0 Å². The lowest BCUT2D eigenvalue weighted by molar-refractivity contribution is 0.0951. The first kappa shape index (κ1) is 15.3. The highest BCUT2D eigenvalue weighted by Crippen LogP contribution is 2.14. The van der Waals surface area contributed by atoms with E-state index in [1.807, 2.05) is 19.1 Å². The molecule has 1 aliphatic heterocycles. The molecular formula is C15H22ClN3O. The van der Waals surface area contributed by atoms with Crippen LogP contribution in [0.5, 0.6) is 0 Å². The summed E-state index contributed by atoms with van der Waals surface area (Å²) in [6.07, 6.45) is 0.977. The molecule has 1 aromatic carbocycles. The van der Waals surface area contributed by atoms with Gasteiger partial charge in [-0.1, -0.05) is 11.6 Å². The zero-order valence-corrected chi connectivity index (χ0v) is 12.7. The molecule has 0 aliphatic carbocycles. The molecule has 1 amide bonds. The smallest absolute Gasteiger partial charge is 0.251 e. The third kappa shape index (κ3) is 4.78. The van der Waals surface area contributed by atoms with Crippen LogP contribution >= 0.6 is 11.6 Å². The van der Waals surface area contributed by atoms with Crippen LogP contribution in [-0.4, -0.2) is 50.1 Å². The number of amides is 1. The number of nitrogens with one attached hydrogen (secondary N) is 2. The maximum absolute atomic E-state index is 12.0. The minimum atomic E-state index is -0.0455. The van der Waals surface area contributed by atoms with Crippen LogP contribution in [-0.2, 0) is 0 Å². The van der Waals surface area contributed by atoms with Crippen molar-refractivity contribution in [2.75, 3.05) is 39.3 Å². The summed E-state index contributed by atoms with van der Waals surface area (Å²) in [7, 11) is 0. The van der Waals surface area contributed by atoms with E-state index in [0.29, 0.717) is 17.1 Å². The molecule has 110 valence electrons. The number of hydrogen-bond donors (Lipinski definition) is 2. The van der Waals surface area contributed by atoms with Gasteiger partial charge in [0.15, 0.2) is 0 Å². The number of benzene rings is 1. The summed E-state index contributed by atoms with van der Waals surface area (Å²) in [4.78, 5) is 14.4. The van der Waals surface area contributed by atoms with Crippen molar-refractivity contribution in [1.82, 2.24) is 15.5 Å². The molecule has 0 saturated carbocycles. The van der Waals surface area contributed by atoms with Gasteiger partial charge in [0, 0.05) is 43.3 Å². The molecule has 5 heteroatoms. The van der Waals surface area contributed by atoms with Gasteiger partial charge in [0.2, 0.25) is 0 Å². The molecule has 0 spiro atoms. The molecule has 1 fully saturated rings. The normalized spacial score (nSPS) is 16.1. The molecule has 0 bridgehead atoms. The Morgan fingerprint density at radius 2 is 2.10 bits per heavy atom. The minimum absolute atomic E-state index is 0.0455. The highest BCUT2D eigenvalue weighted by Gasteiger charge is 2.10. The summed E-state index contributed by atoms with van der Waals surface area (Å²) >= 11 is 5.96. The van der Waals surface area contributed by atoms with Gasteiger partial charge in [0.25, 0.3) is 5.91 Å². The van der Waals surface area contributed by atoms with Crippen LogP contribution in [0.2, 0.25) is 5.02 Å². The number of rotatable bonds is 5. The van der Waals surface area contributed by atoms with E-state index in [1.165, 1.54) is 0 Å². The lowest BCUT2D eigenvalue weighted by Crippen LogP contribution is -2.44. The van der Waals surface area contributed by atoms with Crippen LogP contribution in [0.4, 0.5) is 0 Å².